The molecular weight excluding hydrogens is 428 g/mol. The van der Waals surface area contributed by atoms with Crippen LogP contribution in [0.5, 0.6) is 0 Å². The van der Waals surface area contributed by atoms with Crippen LogP contribution in [-0.2, 0) is 19.4 Å². The molecule has 0 unspecified atom stereocenters. The summed E-state index contributed by atoms with van der Waals surface area (Å²) in [5.74, 6) is -0.114. The molecule has 29 heavy (non-hydrogen) atoms. The van der Waals surface area contributed by atoms with E-state index in [4.69, 9.17) is 12.2 Å². The maximum absolute atomic E-state index is 13.3. The minimum absolute atomic E-state index is 0.0609. The van der Waals surface area contributed by atoms with Gasteiger partial charge in [-0.3, -0.25) is 14.5 Å². The molecule has 0 N–H and O–H groups in total. The van der Waals surface area contributed by atoms with Crippen molar-refractivity contribution in [1.29, 1.82) is 0 Å². The number of amides is 2. The zero-order valence-electron chi connectivity index (χ0n) is 16.3. The van der Waals surface area contributed by atoms with E-state index in [9.17, 15) is 18.0 Å². The first kappa shape index (κ1) is 20.6. The van der Waals surface area contributed by atoms with E-state index in [1.807, 2.05) is 24.3 Å². The van der Waals surface area contributed by atoms with E-state index in [1.165, 1.54) is 4.90 Å². The van der Waals surface area contributed by atoms with Gasteiger partial charge < -0.3 is 4.90 Å². The van der Waals surface area contributed by atoms with Crippen LogP contribution in [0.4, 0.5) is 5.69 Å². The molecular formula is C20H22N2O4S3. The molecule has 0 bridgehead atoms. The summed E-state index contributed by atoms with van der Waals surface area (Å²) in [6.45, 7) is 4.79. The van der Waals surface area contributed by atoms with E-state index >= 15 is 0 Å². The van der Waals surface area contributed by atoms with Gasteiger partial charge in [-0.05, 0) is 24.8 Å². The van der Waals surface area contributed by atoms with Gasteiger partial charge in [0.1, 0.15) is 4.32 Å². The number of rotatable bonds is 4. The third kappa shape index (κ3) is 3.64. The van der Waals surface area contributed by atoms with Gasteiger partial charge in [-0.25, -0.2) is 8.42 Å². The van der Waals surface area contributed by atoms with Crippen LogP contribution in [0.15, 0.2) is 29.2 Å². The molecule has 0 radical (unpaired) electrons. The Morgan fingerprint density at radius 2 is 1.93 bits per heavy atom. The molecule has 0 aromatic heterocycles. The fourth-order valence-corrected chi connectivity index (χ4v) is 7.10. The number of hydrogen-bond acceptors (Lipinski definition) is 6. The van der Waals surface area contributed by atoms with Crippen LogP contribution >= 0.6 is 24.0 Å². The number of hydrogen-bond donors (Lipinski definition) is 0. The summed E-state index contributed by atoms with van der Waals surface area (Å²) in [6, 6.07) is 7.03. The summed E-state index contributed by atoms with van der Waals surface area (Å²) < 4.78 is 24.1. The molecule has 1 aromatic rings. The molecule has 2 saturated heterocycles. The van der Waals surface area contributed by atoms with Crippen LogP contribution < -0.4 is 4.90 Å². The first-order valence-electron chi connectivity index (χ1n) is 9.61. The number of para-hydroxylation sites is 1. The minimum Gasteiger partial charge on any atom is -0.308 e. The fourth-order valence-electron chi connectivity index (χ4n) is 3.93. The van der Waals surface area contributed by atoms with Gasteiger partial charge in [-0.2, -0.15) is 0 Å². The monoisotopic (exact) mass is 450 g/mol. The van der Waals surface area contributed by atoms with Crippen LogP contribution in [0, 0.1) is 5.92 Å². The standard InChI is InChI=1S/C20H22N2O4S3/c1-12(2)7-9-21-15-6-4-3-5-14(15)16(18(21)23)17-19(24)22(20(27)28-17)13-8-10-29(25,26)11-13/h3-6,12-13H,7-11H2,1-2H3/b17-16-/t13-/m1/s1. The lowest BCUT2D eigenvalue weighted by Gasteiger charge is -2.21. The number of thioether (sulfide) groups is 1. The number of carbonyl (C=O) groups is 2. The van der Waals surface area contributed by atoms with Crippen LogP contribution in [0.25, 0.3) is 5.57 Å². The highest BCUT2D eigenvalue weighted by molar-refractivity contribution is 8.26. The number of fused-ring (bicyclic) bond motifs is 1. The number of thiocarbonyl (C=S) groups is 1. The molecule has 0 spiro atoms. The van der Waals surface area contributed by atoms with Gasteiger partial charge in [0.25, 0.3) is 11.8 Å². The fraction of sp³-hybridized carbons (Fsp3) is 0.450. The second kappa shape index (κ2) is 7.52. The molecule has 154 valence electrons. The van der Waals surface area contributed by atoms with Gasteiger partial charge in [0, 0.05) is 12.1 Å². The average molecular weight is 451 g/mol. The Hall–Kier alpha value is -1.71. The van der Waals surface area contributed by atoms with Gasteiger partial charge in [-0.15, -0.1) is 0 Å². The van der Waals surface area contributed by atoms with Crippen LogP contribution in [0.1, 0.15) is 32.3 Å². The summed E-state index contributed by atoms with van der Waals surface area (Å²) in [7, 11) is -3.15. The predicted octanol–water partition coefficient (Wildman–Crippen LogP) is 2.84. The molecule has 0 saturated carbocycles. The van der Waals surface area contributed by atoms with E-state index < -0.39 is 15.9 Å². The summed E-state index contributed by atoms with van der Waals surface area (Å²) in [5, 5.41) is 0. The highest BCUT2D eigenvalue weighted by atomic mass is 32.2. The van der Waals surface area contributed by atoms with E-state index in [1.54, 1.807) is 4.90 Å². The largest absolute Gasteiger partial charge is 0.308 e. The van der Waals surface area contributed by atoms with Gasteiger partial charge >= 0.3 is 0 Å². The molecule has 0 aliphatic carbocycles. The number of carbonyl (C=O) groups excluding carboxylic acids is 2. The van der Waals surface area contributed by atoms with Crippen molar-refractivity contribution in [2.45, 2.75) is 32.7 Å². The molecule has 1 aromatic carbocycles. The van der Waals surface area contributed by atoms with E-state index in [0.29, 0.717) is 33.7 Å². The van der Waals surface area contributed by atoms with E-state index in [-0.39, 0.29) is 23.3 Å². The smallest absolute Gasteiger partial charge is 0.267 e. The van der Waals surface area contributed by atoms with Crippen LogP contribution in [0.2, 0.25) is 0 Å². The molecule has 4 rings (SSSR count). The lowest BCUT2D eigenvalue weighted by atomic mass is 10.1. The Labute approximate surface area is 180 Å². The van der Waals surface area contributed by atoms with Crippen LogP contribution in [0.3, 0.4) is 0 Å². The molecule has 6 nitrogen and oxygen atoms in total. The maximum atomic E-state index is 13.3. The molecule has 1 atom stereocenters. The zero-order valence-corrected chi connectivity index (χ0v) is 18.7. The zero-order chi connectivity index (χ0) is 20.9. The third-order valence-electron chi connectivity index (χ3n) is 5.45. The van der Waals surface area contributed by atoms with Crippen molar-refractivity contribution in [3.63, 3.8) is 0 Å². The molecule has 2 fully saturated rings. The topological polar surface area (TPSA) is 74.8 Å². The van der Waals surface area contributed by atoms with Crippen molar-refractivity contribution in [3.8, 4) is 0 Å². The van der Waals surface area contributed by atoms with Gasteiger partial charge in [0.05, 0.1) is 33.7 Å². The Kier molecular flexibility index (Phi) is 5.33. The lowest BCUT2D eigenvalue weighted by Crippen LogP contribution is -2.39. The first-order chi connectivity index (χ1) is 13.7. The van der Waals surface area contributed by atoms with Crippen LogP contribution in [-0.4, -0.2) is 53.5 Å². The quantitative estimate of drug-likeness (QED) is 0.519. The van der Waals surface area contributed by atoms with Crippen molar-refractivity contribution >= 4 is 61.2 Å². The number of anilines is 1. The predicted molar refractivity (Wildman–Crippen MR) is 119 cm³/mol. The second-order valence-electron chi connectivity index (χ2n) is 7.96. The lowest BCUT2D eigenvalue weighted by molar-refractivity contribution is -0.123. The maximum Gasteiger partial charge on any atom is 0.267 e. The van der Waals surface area contributed by atoms with Crippen molar-refractivity contribution in [3.05, 3.63) is 34.7 Å². The SMILES string of the molecule is CC(C)CCN1C(=O)/C(=C2\SC(=S)N([C@@H]3CCS(=O)(=O)C3)C2=O)c2ccccc21. The minimum atomic E-state index is -3.15. The Morgan fingerprint density at radius 3 is 2.59 bits per heavy atom. The summed E-state index contributed by atoms with van der Waals surface area (Å²) in [5.41, 5.74) is 1.92. The summed E-state index contributed by atoms with van der Waals surface area (Å²) in [4.78, 5) is 30.0. The Morgan fingerprint density at radius 1 is 1.21 bits per heavy atom. The third-order valence-corrected chi connectivity index (χ3v) is 8.60. The van der Waals surface area contributed by atoms with Crippen molar-refractivity contribution in [1.82, 2.24) is 4.90 Å². The van der Waals surface area contributed by atoms with Gasteiger partial charge in [0.2, 0.25) is 0 Å². The molecule has 3 aliphatic rings. The van der Waals surface area contributed by atoms with Crippen molar-refractivity contribution in [2.75, 3.05) is 23.0 Å². The summed E-state index contributed by atoms with van der Waals surface area (Å²) >= 11 is 6.51. The highest BCUT2D eigenvalue weighted by Gasteiger charge is 2.46. The van der Waals surface area contributed by atoms with Crippen molar-refractivity contribution in [2.24, 2.45) is 5.92 Å². The second-order valence-corrected chi connectivity index (χ2v) is 11.8. The summed E-state index contributed by atoms with van der Waals surface area (Å²) in [6.07, 6.45) is 1.23. The van der Waals surface area contributed by atoms with E-state index in [2.05, 4.69) is 13.8 Å². The normalized spacial score (nSPS) is 26.2. The Balaban J connectivity index is 1.72. The number of nitrogens with zero attached hydrogens (tertiary/aromatic N) is 2. The molecule has 3 heterocycles. The molecule has 3 aliphatic heterocycles. The first-order valence-corrected chi connectivity index (χ1v) is 12.7. The van der Waals surface area contributed by atoms with E-state index in [0.717, 1.165) is 29.4 Å². The molecule has 9 heteroatoms. The average Bonchev–Trinajstić information content (AvgIpc) is 3.24. The van der Waals surface area contributed by atoms with Crippen molar-refractivity contribution < 1.29 is 18.0 Å². The Bertz CT molecular complexity index is 1050. The number of benzene rings is 1. The highest BCUT2D eigenvalue weighted by Crippen LogP contribution is 2.45. The number of sulfone groups is 1. The van der Waals surface area contributed by atoms with Gasteiger partial charge in [-0.1, -0.05) is 56.0 Å². The molecule has 2 amide bonds. The van der Waals surface area contributed by atoms with Gasteiger partial charge in [0.15, 0.2) is 9.84 Å².